The van der Waals surface area contributed by atoms with Crippen LogP contribution in [-0.4, -0.2) is 17.9 Å². The Kier molecular flexibility index (Phi) is 5.60. The van der Waals surface area contributed by atoms with Gasteiger partial charge in [0, 0.05) is 11.1 Å². The van der Waals surface area contributed by atoms with E-state index in [9.17, 15) is 14.4 Å². The Morgan fingerprint density at radius 1 is 0.882 bits per heavy atom. The molecule has 0 bridgehead atoms. The van der Waals surface area contributed by atoms with E-state index in [1.807, 2.05) is 0 Å². The Morgan fingerprint density at radius 3 is 1.76 bits per heavy atom. The second-order valence-corrected chi connectivity index (χ2v) is 3.44. The summed E-state index contributed by atoms with van der Waals surface area (Å²) in [4.78, 5) is 33.3. The Hall–Kier alpha value is -2.17. The summed E-state index contributed by atoms with van der Waals surface area (Å²) in [6.07, 6.45) is 0.908. The topological polar surface area (TPSA) is 69.7 Å². The maximum atomic E-state index is 11.3. The van der Waals surface area contributed by atoms with E-state index in [4.69, 9.17) is 0 Å². The van der Waals surface area contributed by atoms with Crippen molar-refractivity contribution in [1.82, 2.24) is 0 Å². The standard InChI is InChI=1S/C12H14O5/c1-7(2)10(13)16-6-9(5)12(15)17-11(14)8(3)4/h6H,1,3H2,2,4-5H3. The quantitative estimate of drug-likeness (QED) is 0.322. The third-order valence-corrected chi connectivity index (χ3v) is 1.55. The van der Waals surface area contributed by atoms with Crippen LogP contribution in [-0.2, 0) is 23.9 Å². The molecule has 5 heteroatoms. The lowest BCUT2D eigenvalue weighted by Gasteiger charge is -2.02. The highest BCUT2D eigenvalue weighted by molar-refractivity contribution is 6.01. The first-order valence-corrected chi connectivity index (χ1v) is 4.71. The van der Waals surface area contributed by atoms with Crippen molar-refractivity contribution in [3.63, 3.8) is 0 Å². The van der Waals surface area contributed by atoms with Gasteiger partial charge >= 0.3 is 17.9 Å². The van der Waals surface area contributed by atoms with Gasteiger partial charge in [0.2, 0.25) is 0 Å². The number of ether oxygens (including phenoxy) is 2. The molecule has 0 fully saturated rings. The van der Waals surface area contributed by atoms with Crippen LogP contribution in [0.4, 0.5) is 0 Å². The third kappa shape index (κ3) is 5.46. The molecule has 92 valence electrons. The maximum absolute atomic E-state index is 11.3. The Labute approximate surface area is 99.4 Å². The Morgan fingerprint density at radius 2 is 1.35 bits per heavy atom. The second-order valence-electron chi connectivity index (χ2n) is 3.44. The van der Waals surface area contributed by atoms with E-state index in [1.54, 1.807) is 0 Å². The van der Waals surface area contributed by atoms with E-state index in [0.717, 1.165) is 6.26 Å². The van der Waals surface area contributed by atoms with Crippen molar-refractivity contribution in [2.45, 2.75) is 20.8 Å². The molecule has 0 aliphatic rings. The minimum atomic E-state index is -0.896. The van der Waals surface area contributed by atoms with Crippen LogP contribution < -0.4 is 0 Å². The third-order valence-electron chi connectivity index (χ3n) is 1.55. The molecule has 0 aromatic rings. The molecule has 0 N–H and O–H groups in total. The first kappa shape index (κ1) is 14.8. The molecule has 5 nitrogen and oxygen atoms in total. The molecule has 0 radical (unpaired) electrons. The highest BCUT2D eigenvalue weighted by Crippen LogP contribution is 2.02. The molecule has 0 atom stereocenters. The lowest BCUT2D eigenvalue weighted by atomic mass is 10.3. The fraction of sp³-hybridized carbons (Fsp3) is 0.250. The normalized spacial score (nSPS) is 10.4. The van der Waals surface area contributed by atoms with Crippen LogP contribution in [0.2, 0.25) is 0 Å². The molecule has 0 saturated heterocycles. The summed E-state index contributed by atoms with van der Waals surface area (Å²) in [7, 11) is 0. The van der Waals surface area contributed by atoms with Gasteiger partial charge in [-0.1, -0.05) is 13.2 Å². The Bertz CT molecular complexity index is 415. The van der Waals surface area contributed by atoms with Gasteiger partial charge in [-0.05, 0) is 20.8 Å². The number of rotatable bonds is 4. The predicted octanol–water partition coefficient (Wildman–Crippen LogP) is 1.66. The molecule has 0 rings (SSSR count). The van der Waals surface area contributed by atoms with Gasteiger partial charge in [0.1, 0.15) is 6.26 Å². The highest BCUT2D eigenvalue weighted by Gasteiger charge is 2.13. The van der Waals surface area contributed by atoms with Gasteiger partial charge in [0.05, 0.1) is 5.57 Å². The fourth-order valence-electron chi connectivity index (χ4n) is 0.542. The summed E-state index contributed by atoms with van der Waals surface area (Å²) in [5, 5.41) is 0. The second kappa shape index (κ2) is 6.42. The van der Waals surface area contributed by atoms with Gasteiger partial charge < -0.3 is 9.47 Å². The average Bonchev–Trinajstić information content (AvgIpc) is 2.24. The molecule has 0 heterocycles. The smallest absolute Gasteiger partial charge is 0.344 e. The maximum Gasteiger partial charge on any atom is 0.344 e. The molecular formula is C12H14O5. The van der Waals surface area contributed by atoms with Gasteiger partial charge in [-0.15, -0.1) is 0 Å². The van der Waals surface area contributed by atoms with Crippen molar-refractivity contribution in [1.29, 1.82) is 0 Å². The van der Waals surface area contributed by atoms with Crippen LogP contribution in [0, 0.1) is 0 Å². The summed E-state index contributed by atoms with van der Waals surface area (Å²) in [6, 6.07) is 0. The summed E-state index contributed by atoms with van der Waals surface area (Å²) >= 11 is 0. The van der Waals surface area contributed by atoms with Gasteiger partial charge in [0.25, 0.3) is 0 Å². The van der Waals surface area contributed by atoms with E-state index in [2.05, 4.69) is 22.6 Å². The summed E-state index contributed by atoms with van der Waals surface area (Å²) in [5.74, 6) is -2.38. The molecule has 0 aromatic heterocycles. The van der Waals surface area contributed by atoms with E-state index in [-0.39, 0.29) is 16.7 Å². The molecule has 0 unspecified atom stereocenters. The van der Waals surface area contributed by atoms with E-state index in [0.29, 0.717) is 0 Å². The molecular weight excluding hydrogens is 224 g/mol. The number of hydrogen-bond donors (Lipinski definition) is 0. The number of carbonyl (C=O) groups excluding carboxylic acids is 3. The monoisotopic (exact) mass is 238 g/mol. The number of carbonyl (C=O) groups is 3. The van der Waals surface area contributed by atoms with Gasteiger partial charge in [0.15, 0.2) is 0 Å². The van der Waals surface area contributed by atoms with Crippen LogP contribution in [0.3, 0.4) is 0 Å². The van der Waals surface area contributed by atoms with Crippen LogP contribution in [0.1, 0.15) is 20.8 Å². The summed E-state index contributed by atoms with van der Waals surface area (Å²) < 4.78 is 9.00. The van der Waals surface area contributed by atoms with Crippen LogP contribution in [0.5, 0.6) is 0 Å². The van der Waals surface area contributed by atoms with Gasteiger partial charge in [-0.25, -0.2) is 14.4 Å². The molecule has 0 spiro atoms. The minimum absolute atomic E-state index is 0.0193. The summed E-state index contributed by atoms with van der Waals surface area (Å²) in [6.45, 7) is 10.9. The molecule has 0 saturated carbocycles. The largest absolute Gasteiger partial charge is 0.431 e. The van der Waals surface area contributed by atoms with E-state index < -0.39 is 17.9 Å². The predicted molar refractivity (Wildman–Crippen MR) is 60.6 cm³/mol. The Balaban J connectivity index is 4.45. The zero-order valence-corrected chi connectivity index (χ0v) is 10.0. The van der Waals surface area contributed by atoms with Crippen molar-refractivity contribution < 1.29 is 23.9 Å². The van der Waals surface area contributed by atoms with Gasteiger partial charge in [-0.3, -0.25) is 0 Å². The minimum Gasteiger partial charge on any atom is -0.431 e. The van der Waals surface area contributed by atoms with Crippen molar-refractivity contribution in [2.24, 2.45) is 0 Å². The lowest BCUT2D eigenvalue weighted by molar-refractivity contribution is -0.154. The zero-order chi connectivity index (χ0) is 13.6. The molecule has 17 heavy (non-hydrogen) atoms. The highest BCUT2D eigenvalue weighted by atomic mass is 16.6. The molecule has 0 aromatic carbocycles. The van der Waals surface area contributed by atoms with Crippen molar-refractivity contribution >= 4 is 17.9 Å². The van der Waals surface area contributed by atoms with Crippen molar-refractivity contribution in [3.05, 3.63) is 36.1 Å². The number of esters is 3. The zero-order valence-electron chi connectivity index (χ0n) is 10.0. The fourth-order valence-corrected chi connectivity index (χ4v) is 0.542. The summed E-state index contributed by atoms with van der Waals surface area (Å²) in [5.41, 5.74) is 0.278. The lowest BCUT2D eigenvalue weighted by Crippen LogP contribution is -2.14. The first-order valence-electron chi connectivity index (χ1n) is 4.71. The first-order chi connectivity index (χ1) is 7.75. The van der Waals surface area contributed by atoms with E-state index >= 15 is 0 Å². The van der Waals surface area contributed by atoms with Crippen molar-refractivity contribution in [3.8, 4) is 0 Å². The van der Waals surface area contributed by atoms with Crippen LogP contribution in [0.25, 0.3) is 0 Å². The molecule has 0 aliphatic carbocycles. The van der Waals surface area contributed by atoms with Gasteiger partial charge in [-0.2, -0.15) is 0 Å². The molecule has 0 amide bonds. The molecule has 0 aliphatic heterocycles. The number of hydrogen-bond acceptors (Lipinski definition) is 5. The van der Waals surface area contributed by atoms with E-state index in [1.165, 1.54) is 20.8 Å². The average molecular weight is 238 g/mol. The SMILES string of the molecule is C=C(C)C(=O)OC=C(C)C(=O)OC(=O)C(=C)C. The van der Waals surface area contributed by atoms with Crippen LogP contribution >= 0.6 is 0 Å². The van der Waals surface area contributed by atoms with Crippen molar-refractivity contribution in [2.75, 3.05) is 0 Å². The van der Waals surface area contributed by atoms with Crippen LogP contribution in [0.15, 0.2) is 36.1 Å².